The second-order valence-corrected chi connectivity index (χ2v) is 5.41. The van der Waals surface area contributed by atoms with Gasteiger partial charge in [-0.05, 0) is 19.8 Å². The second kappa shape index (κ2) is 5.15. The molecule has 0 atom stereocenters. The number of carboxylic acids is 1. The highest BCUT2D eigenvalue weighted by atomic mass is 32.2. The maximum absolute atomic E-state index is 10.6. The number of nitrogens with zero attached hydrogens (tertiary/aromatic N) is 3. The lowest BCUT2D eigenvalue weighted by Gasteiger charge is -2.35. The summed E-state index contributed by atoms with van der Waals surface area (Å²) in [5.41, 5.74) is 5.65. The van der Waals surface area contributed by atoms with E-state index in [1.165, 1.54) is 0 Å². The van der Waals surface area contributed by atoms with Gasteiger partial charge in [0.05, 0.1) is 11.3 Å². The monoisotopic (exact) mass is 272 g/mol. The highest BCUT2D eigenvalue weighted by molar-refractivity contribution is 7.99. The smallest absolute Gasteiger partial charge is 0.313 e. The molecule has 0 amide bonds. The van der Waals surface area contributed by atoms with Gasteiger partial charge in [-0.25, -0.2) is 0 Å². The van der Waals surface area contributed by atoms with E-state index in [-0.39, 0.29) is 11.3 Å². The van der Waals surface area contributed by atoms with Gasteiger partial charge in [-0.2, -0.15) is 0 Å². The van der Waals surface area contributed by atoms with Crippen LogP contribution >= 0.6 is 11.8 Å². The van der Waals surface area contributed by atoms with Crippen LogP contribution in [0.2, 0.25) is 0 Å². The van der Waals surface area contributed by atoms with E-state index in [0.29, 0.717) is 24.3 Å². The number of hydrogen-bond acceptors (Lipinski definition) is 6. The van der Waals surface area contributed by atoms with E-state index in [4.69, 9.17) is 15.6 Å². The van der Waals surface area contributed by atoms with Gasteiger partial charge in [0.15, 0.2) is 5.16 Å². The molecule has 0 spiro atoms. The minimum atomic E-state index is -0.884. The fraction of sp³-hybridized carbons (Fsp3) is 0.700. The Kier molecular flexibility index (Phi) is 3.76. The molecule has 1 fully saturated rings. The molecule has 7 nitrogen and oxygen atoms in total. The number of hydrogen-bond donors (Lipinski definition) is 2. The van der Waals surface area contributed by atoms with Gasteiger partial charge in [0.25, 0.3) is 0 Å². The maximum atomic E-state index is 10.6. The minimum Gasteiger partial charge on any atom is -0.481 e. The van der Waals surface area contributed by atoms with Crippen molar-refractivity contribution in [2.45, 2.75) is 30.5 Å². The zero-order chi connectivity index (χ0) is 13.2. The van der Waals surface area contributed by atoms with Crippen molar-refractivity contribution >= 4 is 23.7 Å². The molecule has 1 aliphatic heterocycles. The molecular formula is C10H16N4O3S. The molecule has 0 saturated carbocycles. The first-order valence-corrected chi connectivity index (χ1v) is 6.65. The highest BCUT2D eigenvalue weighted by Crippen LogP contribution is 2.34. The topological polar surface area (TPSA) is 103 Å². The van der Waals surface area contributed by atoms with E-state index >= 15 is 0 Å². The summed E-state index contributed by atoms with van der Waals surface area (Å²) in [5, 5.41) is 17.1. The fourth-order valence-corrected chi connectivity index (χ4v) is 2.84. The van der Waals surface area contributed by atoms with Gasteiger partial charge in [0.1, 0.15) is 0 Å². The molecule has 1 saturated heterocycles. The molecule has 2 rings (SSSR count). The van der Waals surface area contributed by atoms with Crippen LogP contribution < -0.4 is 5.73 Å². The Hall–Kier alpha value is -1.28. The lowest BCUT2D eigenvalue weighted by Crippen LogP contribution is -2.37. The zero-order valence-corrected chi connectivity index (χ0v) is 10.9. The van der Waals surface area contributed by atoms with Gasteiger partial charge in [-0.1, -0.05) is 11.8 Å². The van der Waals surface area contributed by atoms with E-state index < -0.39 is 5.97 Å². The summed E-state index contributed by atoms with van der Waals surface area (Å²) >= 11 is 1.14. The molecule has 0 unspecified atom stereocenters. The molecule has 18 heavy (non-hydrogen) atoms. The molecule has 0 aromatic carbocycles. The molecule has 0 aliphatic carbocycles. The van der Waals surface area contributed by atoms with Crippen molar-refractivity contribution in [3.8, 4) is 0 Å². The largest absolute Gasteiger partial charge is 0.481 e. The van der Waals surface area contributed by atoms with Gasteiger partial charge >= 0.3 is 5.97 Å². The van der Waals surface area contributed by atoms with Crippen molar-refractivity contribution in [3.05, 3.63) is 0 Å². The lowest BCUT2D eigenvalue weighted by molar-refractivity contribution is -0.133. The number of thioether (sulfide) groups is 1. The average Bonchev–Trinajstić information content (AvgIpc) is 2.69. The molecule has 0 bridgehead atoms. The number of aromatic nitrogens is 3. The number of carboxylic acid groups (broad SMARTS) is 1. The van der Waals surface area contributed by atoms with Crippen molar-refractivity contribution in [3.63, 3.8) is 0 Å². The first-order valence-electron chi connectivity index (χ1n) is 5.67. The van der Waals surface area contributed by atoms with E-state index in [1.807, 2.05) is 4.57 Å². The van der Waals surface area contributed by atoms with E-state index in [1.54, 1.807) is 0 Å². The van der Waals surface area contributed by atoms with Crippen LogP contribution in [0.5, 0.6) is 0 Å². The van der Waals surface area contributed by atoms with Crippen LogP contribution in [0, 0.1) is 0 Å². The summed E-state index contributed by atoms with van der Waals surface area (Å²) < 4.78 is 7.18. The third-order valence-electron chi connectivity index (χ3n) is 3.09. The predicted octanol–water partition coefficient (Wildman–Crippen LogP) is 0.563. The van der Waals surface area contributed by atoms with Gasteiger partial charge in [-0.15, -0.1) is 10.2 Å². The number of nitrogens with two attached hydrogens (primary N) is 1. The van der Waals surface area contributed by atoms with E-state index in [0.717, 1.165) is 24.6 Å². The first-order chi connectivity index (χ1) is 8.53. The van der Waals surface area contributed by atoms with Crippen molar-refractivity contribution in [1.82, 2.24) is 14.8 Å². The molecule has 100 valence electrons. The van der Waals surface area contributed by atoms with Gasteiger partial charge in [0.2, 0.25) is 5.95 Å². The Labute approximate surface area is 109 Å². The fourth-order valence-electron chi connectivity index (χ4n) is 2.04. The molecule has 8 heteroatoms. The third kappa shape index (κ3) is 2.59. The van der Waals surface area contributed by atoms with Crippen LogP contribution in [-0.4, -0.2) is 44.8 Å². The van der Waals surface area contributed by atoms with Crippen LogP contribution in [0.15, 0.2) is 5.16 Å². The molecule has 2 heterocycles. The number of ether oxygens (including phenoxy) is 1. The summed E-state index contributed by atoms with van der Waals surface area (Å²) in [6, 6.07) is 0. The van der Waals surface area contributed by atoms with Gasteiger partial charge in [0, 0.05) is 13.2 Å². The van der Waals surface area contributed by atoms with Gasteiger partial charge in [-0.3, -0.25) is 9.36 Å². The molecule has 0 radical (unpaired) electrons. The average molecular weight is 272 g/mol. The predicted molar refractivity (Wildman–Crippen MR) is 66.5 cm³/mol. The molecule has 1 aromatic heterocycles. The SMILES string of the molecule is CC1(n2c(N)nnc2SCC(=O)O)CCOCC1. The van der Waals surface area contributed by atoms with E-state index in [2.05, 4.69) is 17.1 Å². The summed E-state index contributed by atoms with van der Waals surface area (Å²) in [6.45, 7) is 3.40. The van der Waals surface area contributed by atoms with Crippen molar-refractivity contribution in [2.24, 2.45) is 0 Å². The summed E-state index contributed by atoms with van der Waals surface area (Å²) in [7, 11) is 0. The van der Waals surface area contributed by atoms with Crippen LogP contribution in [0.4, 0.5) is 5.95 Å². The number of rotatable bonds is 4. The molecular weight excluding hydrogens is 256 g/mol. The summed E-state index contributed by atoms with van der Waals surface area (Å²) in [4.78, 5) is 10.6. The van der Waals surface area contributed by atoms with Crippen molar-refractivity contribution < 1.29 is 14.6 Å². The quantitative estimate of drug-likeness (QED) is 0.772. The number of nitrogen functional groups attached to an aromatic ring is 1. The van der Waals surface area contributed by atoms with E-state index in [9.17, 15) is 4.79 Å². The summed E-state index contributed by atoms with van der Waals surface area (Å²) in [5.74, 6) is -0.609. The second-order valence-electron chi connectivity index (χ2n) is 4.47. The lowest BCUT2D eigenvalue weighted by atomic mass is 9.92. The Bertz CT molecular complexity index is 442. The van der Waals surface area contributed by atoms with Crippen LogP contribution in [0.25, 0.3) is 0 Å². The zero-order valence-electron chi connectivity index (χ0n) is 10.1. The Morgan fingerprint density at radius 3 is 2.83 bits per heavy atom. The highest BCUT2D eigenvalue weighted by Gasteiger charge is 2.33. The van der Waals surface area contributed by atoms with Crippen LogP contribution in [-0.2, 0) is 15.1 Å². The summed E-state index contributed by atoms with van der Waals surface area (Å²) in [6.07, 6.45) is 1.63. The Morgan fingerprint density at radius 1 is 1.56 bits per heavy atom. The van der Waals surface area contributed by atoms with Crippen LogP contribution in [0.3, 0.4) is 0 Å². The number of anilines is 1. The first kappa shape index (κ1) is 13.2. The molecule has 1 aromatic rings. The maximum Gasteiger partial charge on any atom is 0.313 e. The minimum absolute atomic E-state index is 0.0509. The Morgan fingerprint density at radius 2 is 2.22 bits per heavy atom. The molecule has 1 aliphatic rings. The van der Waals surface area contributed by atoms with Crippen LogP contribution in [0.1, 0.15) is 19.8 Å². The van der Waals surface area contributed by atoms with Crippen molar-refractivity contribution in [2.75, 3.05) is 24.7 Å². The standard InChI is InChI=1S/C10H16N4O3S/c1-10(2-4-17-5-3-10)14-8(11)12-13-9(14)18-6-7(15)16/h2-6H2,1H3,(H2,11,12)(H,15,16). The number of aliphatic carboxylic acids is 1. The van der Waals surface area contributed by atoms with Crippen molar-refractivity contribution in [1.29, 1.82) is 0 Å². The number of carbonyl (C=O) groups is 1. The molecule has 3 N–H and O–H groups in total. The Balaban J connectivity index is 2.25. The normalized spacial score (nSPS) is 18.7. The third-order valence-corrected chi connectivity index (χ3v) is 4.01. The van der Waals surface area contributed by atoms with Gasteiger partial charge < -0.3 is 15.6 Å².